The van der Waals surface area contributed by atoms with E-state index >= 15 is 0 Å². The first kappa shape index (κ1) is 13.3. The molecule has 16 heavy (non-hydrogen) atoms. The maximum atomic E-state index is 11.4. The Kier molecular flexibility index (Phi) is 5.06. The molecule has 0 aromatic heterocycles. The molecule has 0 aromatic carbocycles. The van der Waals surface area contributed by atoms with Gasteiger partial charge in [0, 0.05) is 25.7 Å². The Labute approximate surface area is 98.3 Å². The van der Waals surface area contributed by atoms with Crippen LogP contribution in [0.1, 0.15) is 34.1 Å². The summed E-state index contributed by atoms with van der Waals surface area (Å²) in [5.41, 5.74) is 0. The van der Waals surface area contributed by atoms with Gasteiger partial charge in [-0.3, -0.25) is 0 Å². The van der Waals surface area contributed by atoms with E-state index in [2.05, 4.69) is 24.1 Å². The quantitative estimate of drug-likeness (QED) is 0.796. The highest BCUT2D eigenvalue weighted by Gasteiger charge is 2.24. The van der Waals surface area contributed by atoms with Crippen LogP contribution >= 0.6 is 0 Å². The lowest BCUT2D eigenvalue weighted by atomic mass is 10.2. The predicted octanol–water partition coefficient (Wildman–Crippen LogP) is 1.81. The zero-order chi connectivity index (χ0) is 12.1. The lowest BCUT2D eigenvalue weighted by molar-refractivity contribution is 0.112. The molecule has 0 saturated carbocycles. The molecule has 0 spiro atoms. The lowest BCUT2D eigenvalue weighted by Crippen LogP contribution is -2.38. The van der Waals surface area contributed by atoms with Crippen LogP contribution in [0, 0.1) is 5.92 Å². The third-order valence-electron chi connectivity index (χ3n) is 2.48. The van der Waals surface area contributed by atoms with Gasteiger partial charge in [0.05, 0.1) is 6.10 Å². The van der Waals surface area contributed by atoms with Crippen molar-refractivity contribution in [2.75, 3.05) is 19.6 Å². The minimum Gasteiger partial charge on any atom is -0.447 e. The van der Waals surface area contributed by atoms with Crippen LogP contribution in [-0.2, 0) is 4.74 Å². The average Bonchev–Trinajstić information content (AvgIpc) is 2.49. The predicted molar refractivity (Wildman–Crippen MR) is 64.2 cm³/mol. The van der Waals surface area contributed by atoms with E-state index in [4.69, 9.17) is 4.74 Å². The fourth-order valence-corrected chi connectivity index (χ4v) is 1.96. The smallest absolute Gasteiger partial charge is 0.407 e. The van der Waals surface area contributed by atoms with E-state index in [0.29, 0.717) is 0 Å². The first-order valence-electron chi connectivity index (χ1n) is 5.96. The van der Waals surface area contributed by atoms with Gasteiger partial charge in [-0.2, -0.15) is 0 Å². The first-order valence-corrected chi connectivity index (χ1v) is 5.96. The number of hydrogen-bond acceptors (Lipinski definition) is 3. The van der Waals surface area contributed by atoms with Crippen LogP contribution in [0.4, 0.5) is 4.79 Å². The van der Waals surface area contributed by atoms with Crippen LogP contribution in [0.2, 0.25) is 0 Å². The van der Waals surface area contributed by atoms with E-state index in [1.54, 1.807) is 0 Å². The number of carbonyl (C=O) groups excluding carboxylic acids is 1. The molecule has 0 unspecified atom stereocenters. The van der Waals surface area contributed by atoms with E-state index in [1.807, 2.05) is 13.8 Å². The van der Waals surface area contributed by atoms with E-state index in [0.717, 1.165) is 26.1 Å². The average molecular weight is 227 g/mol. The fraction of sp³-hybridized carbons (Fsp3) is 0.833. The molecular formula is C12H23N2O2. The minimum absolute atomic E-state index is 0.0521. The number of ether oxygens (including phenoxy) is 1. The highest BCUT2D eigenvalue weighted by atomic mass is 16.6. The van der Waals surface area contributed by atoms with Gasteiger partial charge in [-0.05, 0) is 26.2 Å². The molecular weight excluding hydrogens is 204 g/mol. The summed E-state index contributed by atoms with van der Waals surface area (Å²) >= 11 is 0. The normalized spacial score (nSPS) is 21.8. The van der Waals surface area contributed by atoms with Crippen LogP contribution in [0.15, 0.2) is 0 Å². The van der Waals surface area contributed by atoms with Crippen LogP contribution in [0.25, 0.3) is 0 Å². The maximum Gasteiger partial charge on any atom is 0.407 e. The van der Waals surface area contributed by atoms with Crippen molar-refractivity contribution in [2.45, 2.75) is 46.3 Å². The van der Waals surface area contributed by atoms with Crippen molar-refractivity contribution >= 4 is 6.09 Å². The largest absolute Gasteiger partial charge is 0.447 e. The standard InChI is InChI=1S/C12H23N2O2/c1-9(2)7-14-6-5-11(8-14)13-12(15)16-10(3)4/h10-11H,5-8H2,1-4H3,(H,13,15)/t11-/m1/s1. The second-order valence-corrected chi connectivity index (χ2v) is 5.03. The summed E-state index contributed by atoms with van der Waals surface area (Å²) in [4.78, 5) is 13.7. The Morgan fingerprint density at radius 1 is 1.50 bits per heavy atom. The summed E-state index contributed by atoms with van der Waals surface area (Å²) in [5, 5.41) is 2.90. The molecule has 0 bridgehead atoms. The zero-order valence-electron chi connectivity index (χ0n) is 10.7. The second-order valence-electron chi connectivity index (χ2n) is 5.03. The Hall–Kier alpha value is -0.770. The second kappa shape index (κ2) is 6.09. The topological polar surface area (TPSA) is 41.6 Å². The van der Waals surface area contributed by atoms with Crippen molar-refractivity contribution in [1.29, 1.82) is 0 Å². The van der Waals surface area contributed by atoms with Gasteiger partial charge in [-0.15, -0.1) is 0 Å². The Balaban J connectivity index is 2.23. The first-order chi connectivity index (χ1) is 7.47. The number of hydrogen-bond donors (Lipinski definition) is 1. The van der Waals surface area contributed by atoms with Crippen molar-refractivity contribution in [3.63, 3.8) is 0 Å². The van der Waals surface area contributed by atoms with E-state index < -0.39 is 0 Å². The number of likely N-dealkylation sites (tertiary alicyclic amines) is 1. The molecule has 1 aliphatic rings. The summed E-state index contributed by atoms with van der Waals surface area (Å²) in [7, 11) is 0. The van der Waals surface area contributed by atoms with E-state index in [1.165, 1.54) is 5.92 Å². The van der Waals surface area contributed by atoms with Crippen molar-refractivity contribution in [2.24, 2.45) is 0 Å². The molecule has 1 saturated heterocycles. The molecule has 1 N–H and O–H groups in total. The zero-order valence-corrected chi connectivity index (χ0v) is 10.7. The number of nitrogens with zero attached hydrogens (tertiary/aromatic N) is 1. The van der Waals surface area contributed by atoms with Crippen molar-refractivity contribution in [1.82, 2.24) is 10.2 Å². The summed E-state index contributed by atoms with van der Waals surface area (Å²) in [5.74, 6) is 1.41. The molecule has 1 aliphatic heterocycles. The number of alkyl carbamates (subject to hydrolysis) is 1. The van der Waals surface area contributed by atoms with Gasteiger partial charge in [0.15, 0.2) is 0 Å². The molecule has 0 aromatic rings. The van der Waals surface area contributed by atoms with Crippen LogP contribution in [-0.4, -0.2) is 42.8 Å². The fourth-order valence-electron chi connectivity index (χ4n) is 1.96. The molecule has 4 heteroatoms. The Morgan fingerprint density at radius 3 is 2.75 bits per heavy atom. The third kappa shape index (κ3) is 4.84. The van der Waals surface area contributed by atoms with E-state index in [9.17, 15) is 4.79 Å². The van der Waals surface area contributed by atoms with Gasteiger partial charge in [0.25, 0.3) is 0 Å². The van der Waals surface area contributed by atoms with Crippen LogP contribution in [0.5, 0.6) is 0 Å². The maximum absolute atomic E-state index is 11.4. The molecule has 93 valence electrons. The molecule has 1 heterocycles. The molecule has 1 fully saturated rings. The molecule has 4 nitrogen and oxygen atoms in total. The number of amides is 1. The Morgan fingerprint density at radius 2 is 2.19 bits per heavy atom. The van der Waals surface area contributed by atoms with Crippen LogP contribution in [0.3, 0.4) is 0 Å². The van der Waals surface area contributed by atoms with Gasteiger partial charge in [0.1, 0.15) is 0 Å². The van der Waals surface area contributed by atoms with Crippen LogP contribution < -0.4 is 5.32 Å². The number of rotatable bonds is 4. The molecule has 1 atom stereocenters. The number of nitrogens with one attached hydrogen (secondary N) is 1. The SMILES string of the molecule is C[C](C)CN1CC[C@@H](NC(=O)OC(C)C)C1. The Bertz CT molecular complexity index is 229. The molecule has 1 radical (unpaired) electrons. The lowest BCUT2D eigenvalue weighted by Gasteiger charge is -2.18. The van der Waals surface area contributed by atoms with Gasteiger partial charge < -0.3 is 15.0 Å². The van der Waals surface area contributed by atoms with E-state index in [-0.39, 0.29) is 18.2 Å². The van der Waals surface area contributed by atoms with Gasteiger partial charge >= 0.3 is 6.09 Å². The van der Waals surface area contributed by atoms with Gasteiger partial charge in [-0.1, -0.05) is 13.8 Å². The summed E-state index contributed by atoms with van der Waals surface area (Å²) in [6.07, 6.45) is 0.670. The molecule has 1 amide bonds. The summed E-state index contributed by atoms with van der Waals surface area (Å²) in [6.45, 7) is 11.0. The van der Waals surface area contributed by atoms with Gasteiger partial charge in [-0.25, -0.2) is 4.79 Å². The minimum atomic E-state index is -0.293. The monoisotopic (exact) mass is 227 g/mol. The van der Waals surface area contributed by atoms with Crippen molar-refractivity contribution in [3.8, 4) is 0 Å². The summed E-state index contributed by atoms with van der Waals surface area (Å²) in [6, 6.07) is 0.241. The highest BCUT2D eigenvalue weighted by Crippen LogP contribution is 2.12. The van der Waals surface area contributed by atoms with Gasteiger partial charge in [0.2, 0.25) is 0 Å². The summed E-state index contributed by atoms with van der Waals surface area (Å²) < 4.78 is 5.05. The van der Waals surface area contributed by atoms with Crippen molar-refractivity contribution < 1.29 is 9.53 Å². The third-order valence-corrected chi connectivity index (χ3v) is 2.48. The molecule has 1 rings (SSSR count). The molecule has 0 aliphatic carbocycles. The number of carbonyl (C=O) groups is 1. The highest BCUT2D eigenvalue weighted by molar-refractivity contribution is 5.67. The van der Waals surface area contributed by atoms with Crippen molar-refractivity contribution in [3.05, 3.63) is 5.92 Å².